The fourth-order valence-electron chi connectivity index (χ4n) is 1.22. The van der Waals surface area contributed by atoms with Crippen LogP contribution in [0.15, 0.2) is 48.3 Å². The van der Waals surface area contributed by atoms with E-state index in [-0.39, 0.29) is 0 Å². The van der Waals surface area contributed by atoms with E-state index in [1.807, 2.05) is 6.08 Å². The summed E-state index contributed by atoms with van der Waals surface area (Å²) in [4.78, 5) is 0. The van der Waals surface area contributed by atoms with Gasteiger partial charge in [0.1, 0.15) is 18.8 Å². The molecule has 12 heavy (non-hydrogen) atoms. The summed E-state index contributed by atoms with van der Waals surface area (Å²) in [6.07, 6.45) is 13.0. The average molecular weight is 162 g/mol. The van der Waals surface area contributed by atoms with Crippen LogP contribution in [-0.2, 0) is 9.47 Å². The third kappa shape index (κ3) is 1.42. The van der Waals surface area contributed by atoms with Crippen molar-refractivity contribution in [1.29, 1.82) is 0 Å². The molecule has 1 aliphatic carbocycles. The minimum atomic E-state index is 0.821. The Hall–Kier alpha value is -1.44. The number of rotatable bonds is 1. The molecule has 0 spiro atoms. The van der Waals surface area contributed by atoms with Crippen LogP contribution in [0, 0.1) is 0 Å². The van der Waals surface area contributed by atoms with Crippen molar-refractivity contribution in [2.45, 2.75) is 12.8 Å². The van der Waals surface area contributed by atoms with E-state index in [4.69, 9.17) is 9.47 Å². The summed E-state index contributed by atoms with van der Waals surface area (Å²) < 4.78 is 10.3. The fraction of sp³-hybridized carbons (Fsp3) is 0.200. The number of hydrogen-bond donors (Lipinski definition) is 0. The molecule has 0 radical (unpaired) electrons. The largest absolute Gasteiger partial charge is 0.466 e. The molecular formula is C10H10O2. The van der Waals surface area contributed by atoms with Gasteiger partial charge < -0.3 is 9.47 Å². The van der Waals surface area contributed by atoms with Gasteiger partial charge in [0, 0.05) is 0 Å². The van der Waals surface area contributed by atoms with E-state index in [9.17, 15) is 0 Å². The van der Waals surface area contributed by atoms with Crippen LogP contribution in [0.3, 0.4) is 0 Å². The maximum absolute atomic E-state index is 5.27. The normalized spacial score (nSPS) is 20.7. The van der Waals surface area contributed by atoms with E-state index in [0.717, 1.165) is 18.6 Å². The Labute approximate surface area is 71.5 Å². The Balaban J connectivity index is 2.13. The van der Waals surface area contributed by atoms with E-state index < -0.39 is 0 Å². The SMILES string of the molecule is C1=CCCC(C2=COC=CO2)=C1. The third-order valence-electron chi connectivity index (χ3n) is 1.83. The molecule has 2 heteroatoms. The lowest BCUT2D eigenvalue weighted by molar-refractivity contribution is 0.262. The second kappa shape index (κ2) is 3.30. The molecule has 0 atom stereocenters. The van der Waals surface area contributed by atoms with E-state index in [2.05, 4.69) is 12.2 Å². The summed E-state index contributed by atoms with van der Waals surface area (Å²) >= 11 is 0. The Morgan fingerprint density at radius 3 is 2.92 bits per heavy atom. The number of ether oxygens (including phenoxy) is 2. The maximum Gasteiger partial charge on any atom is 0.164 e. The lowest BCUT2D eigenvalue weighted by Crippen LogP contribution is -1.97. The van der Waals surface area contributed by atoms with E-state index >= 15 is 0 Å². The molecule has 0 aromatic rings. The Morgan fingerprint density at radius 1 is 1.25 bits per heavy atom. The Morgan fingerprint density at radius 2 is 2.25 bits per heavy atom. The van der Waals surface area contributed by atoms with E-state index in [1.54, 1.807) is 12.5 Å². The molecular weight excluding hydrogens is 152 g/mol. The zero-order valence-electron chi connectivity index (χ0n) is 6.69. The molecule has 2 nitrogen and oxygen atoms in total. The Bertz CT molecular complexity index is 282. The van der Waals surface area contributed by atoms with Gasteiger partial charge in [-0.25, -0.2) is 0 Å². The lowest BCUT2D eigenvalue weighted by atomic mass is 10.0. The highest BCUT2D eigenvalue weighted by atomic mass is 16.5. The summed E-state index contributed by atoms with van der Waals surface area (Å²) in [6.45, 7) is 0. The Kier molecular flexibility index (Phi) is 1.99. The summed E-state index contributed by atoms with van der Waals surface area (Å²) in [7, 11) is 0. The lowest BCUT2D eigenvalue weighted by Gasteiger charge is -2.13. The number of hydrogen-bond acceptors (Lipinski definition) is 2. The molecule has 0 unspecified atom stereocenters. The van der Waals surface area contributed by atoms with E-state index in [1.165, 1.54) is 11.8 Å². The molecule has 1 heterocycles. The monoisotopic (exact) mass is 162 g/mol. The molecule has 0 fully saturated rings. The van der Waals surface area contributed by atoms with Gasteiger partial charge >= 0.3 is 0 Å². The highest BCUT2D eigenvalue weighted by Crippen LogP contribution is 2.22. The summed E-state index contributed by atoms with van der Waals surface area (Å²) in [5, 5.41) is 0. The zero-order chi connectivity index (χ0) is 8.23. The quantitative estimate of drug-likeness (QED) is 0.590. The molecule has 0 N–H and O–H groups in total. The van der Waals surface area contributed by atoms with Crippen LogP contribution >= 0.6 is 0 Å². The molecule has 1 aliphatic heterocycles. The van der Waals surface area contributed by atoms with Crippen LogP contribution < -0.4 is 0 Å². The second-order valence-corrected chi connectivity index (χ2v) is 2.67. The zero-order valence-corrected chi connectivity index (χ0v) is 6.69. The van der Waals surface area contributed by atoms with Crippen molar-refractivity contribution in [3.05, 3.63) is 48.3 Å². The van der Waals surface area contributed by atoms with Crippen LogP contribution in [-0.4, -0.2) is 0 Å². The minimum Gasteiger partial charge on any atom is -0.466 e. The average Bonchev–Trinajstić information content (AvgIpc) is 2.21. The van der Waals surface area contributed by atoms with Gasteiger partial charge in [-0.3, -0.25) is 0 Å². The standard InChI is InChI=1S/C10H10O2/c1-2-4-9(5-3-1)10-8-11-6-7-12-10/h1-2,4,6-8H,3,5H2. The first-order valence-corrected chi connectivity index (χ1v) is 4.00. The van der Waals surface area contributed by atoms with Gasteiger partial charge in [-0.1, -0.05) is 18.2 Å². The summed E-state index contributed by atoms with van der Waals surface area (Å²) in [5.74, 6) is 0.821. The highest BCUT2D eigenvalue weighted by Gasteiger charge is 2.09. The van der Waals surface area contributed by atoms with Crippen molar-refractivity contribution in [3.63, 3.8) is 0 Å². The highest BCUT2D eigenvalue weighted by molar-refractivity contribution is 5.32. The number of allylic oxidation sites excluding steroid dienone is 4. The third-order valence-corrected chi connectivity index (χ3v) is 1.83. The molecule has 2 aliphatic rings. The first-order chi connectivity index (χ1) is 5.97. The van der Waals surface area contributed by atoms with Crippen LogP contribution in [0.25, 0.3) is 0 Å². The van der Waals surface area contributed by atoms with Gasteiger partial charge in [0.05, 0.1) is 0 Å². The van der Waals surface area contributed by atoms with E-state index in [0.29, 0.717) is 0 Å². The van der Waals surface area contributed by atoms with Gasteiger partial charge in [-0.2, -0.15) is 0 Å². The summed E-state index contributed by atoms with van der Waals surface area (Å²) in [6, 6.07) is 0. The van der Waals surface area contributed by atoms with Gasteiger partial charge in [-0.05, 0) is 18.4 Å². The van der Waals surface area contributed by atoms with Crippen molar-refractivity contribution < 1.29 is 9.47 Å². The maximum atomic E-state index is 5.27. The second-order valence-electron chi connectivity index (χ2n) is 2.67. The molecule has 0 saturated carbocycles. The van der Waals surface area contributed by atoms with Gasteiger partial charge in [0.25, 0.3) is 0 Å². The van der Waals surface area contributed by atoms with Crippen LogP contribution in [0.5, 0.6) is 0 Å². The predicted molar refractivity (Wildman–Crippen MR) is 45.9 cm³/mol. The van der Waals surface area contributed by atoms with Crippen LogP contribution in [0.1, 0.15) is 12.8 Å². The van der Waals surface area contributed by atoms with Gasteiger partial charge in [0.15, 0.2) is 5.76 Å². The minimum absolute atomic E-state index is 0.821. The molecule has 0 saturated heterocycles. The topological polar surface area (TPSA) is 18.5 Å². The molecule has 0 aromatic heterocycles. The predicted octanol–water partition coefficient (Wildman–Crippen LogP) is 2.62. The van der Waals surface area contributed by atoms with Crippen LogP contribution in [0.2, 0.25) is 0 Å². The molecule has 2 rings (SSSR count). The van der Waals surface area contributed by atoms with Crippen LogP contribution in [0.4, 0.5) is 0 Å². The van der Waals surface area contributed by atoms with Crippen molar-refractivity contribution in [2.75, 3.05) is 0 Å². The van der Waals surface area contributed by atoms with Crippen molar-refractivity contribution in [2.24, 2.45) is 0 Å². The fourth-order valence-corrected chi connectivity index (χ4v) is 1.22. The van der Waals surface area contributed by atoms with Crippen molar-refractivity contribution in [3.8, 4) is 0 Å². The first kappa shape index (κ1) is 7.22. The van der Waals surface area contributed by atoms with Gasteiger partial charge in [-0.15, -0.1) is 0 Å². The smallest absolute Gasteiger partial charge is 0.164 e. The molecule has 0 bridgehead atoms. The molecule has 62 valence electrons. The van der Waals surface area contributed by atoms with Crippen molar-refractivity contribution >= 4 is 0 Å². The van der Waals surface area contributed by atoms with Gasteiger partial charge in [0.2, 0.25) is 0 Å². The molecule has 0 aromatic carbocycles. The summed E-state index contributed by atoms with van der Waals surface area (Å²) in [5.41, 5.74) is 1.20. The molecule has 0 amide bonds. The van der Waals surface area contributed by atoms with Crippen molar-refractivity contribution in [1.82, 2.24) is 0 Å². The first-order valence-electron chi connectivity index (χ1n) is 4.00.